The minimum atomic E-state index is -0.985. The highest BCUT2D eigenvalue weighted by Crippen LogP contribution is 2.29. The lowest BCUT2D eigenvalue weighted by Crippen LogP contribution is -2.34. The van der Waals surface area contributed by atoms with Gasteiger partial charge in [-0.1, -0.05) is 12.8 Å². The first-order valence-corrected chi connectivity index (χ1v) is 4.60. The lowest BCUT2D eigenvalue weighted by atomic mass is 10.0. The van der Waals surface area contributed by atoms with Crippen LogP contribution in [0.5, 0.6) is 0 Å². The number of rotatable bonds is 4. The number of carbonyl (C=O) groups is 1. The molecule has 0 saturated heterocycles. The van der Waals surface area contributed by atoms with Gasteiger partial charge in [0.1, 0.15) is 0 Å². The predicted molar refractivity (Wildman–Crippen MR) is 46.5 cm³/mol. The fourth-order valence-electron chi connectivity index (χ4n) is 1.53. The van der Waals surface area contributed by atoms with Gasteiger partial charge in [-0.15, -0.1) is 0 Å². The van der Waals surface area contributed by atoms with Crippen molar-refractivity contribution in [1.82, 2.24) is 0 Å². The molecule has 0 unspecified atom stereocenters. The van der Waals surface area contributed by atoms with Gasteiger partial charge in [-0.3, -0.25) is 0 Å². The average Bonchev–Trinajstić information content (AvgIpc) is 2.48. The SMILES string of the molecule is C[C@@H](OCC1(O)CCCC1)C(=O)O. The second kappa shape index (κ2) is 4.07. The summed E-state index contributed by atoms with van der Waals surface area (Å²) in [5, 5.41) is 18.3. The lowest BCUT2D eigenvalue weighted by Gasteiger charge is -2.22. The molecule has 0 aromatic rings. The van der Waals surface area contributed by atoms with Gasteiger partial charge in [0.15, 0.2) is 6.10 Å². The highest BCUT2D eigenvalue weighted by molar-refractivity contribution is 5.71. The van der Waals surface area contributed by atoms with Crippen LogP contribution in [0.3, 0.4) is 0 Å². The Hall–Kier alpha value is -0.610. The molecule has 0 bridgehead atoms. The molecule has 0 heterocycles. The second-order valence-corrected chi connectivity index (χ2v) is 3.72. The van der Waals surface area contributed by atoms with Crippen LogP contribution in [0, 0.1) is 0 Å². The van der Waals surface area contributed by atoms with E-state index < -0.39 is 17.7 Å². The van der Waals surface area contributed by atoms with E-state index in [2.05, 4.69) is 0 Å². The molecule has 1 aliphatic rings. The molecule has 0 spiro atoms. The quantitative estimate of drug-likeness (QED) is 0.684. The maximum Gasteiger partial charge on any atom is 0.332 e. The summed E-state index contributed by atoms with van der Waals surface area (Å²) in [6.07, 6.45) is 2.62. The van der Waals surface area contributed by atoms with Crippen LogP contribution in [-0.2, 0) is 9.53 Å². The van der Waals surface area contributed by atoms with Crippen LogP contribution in [0.15, 0.2) is 0 Å². The topological polar surface area (TPSA) is 66.8 Å². The lowest BCUT2D eigenvalue weighted by molar-refractivity contribution is -0.153. The third kappa shape index (κ3) is 2.97. The van der Waals surface area contributed by atoms with Gasteiger partial charge in [-0.2, -0.15) is 0 Å². The van der Waals surface area contributed by atoms with E-state index in [1.165, 1.54) is 6.92 Å². The van der Waals surface area contributed by atoms with E-state index in [1.54, 1.807) is 0 Å². The van der Waals surface area contributed by atoms with Gasteiger partial charge >= 0.3 is 5.97 Å². The fraction of sp³-hybridized carbons (Fsp3) is 0.889. The Morgan fingerprint density at radius 1 is 1.54 bits per heavy atom. The van der Waals surface area contributed by atoms with Crippen LogP contribution in [-0.4, -0.2) is 34.5 Å². The van der Waals surface area contributed by atoms with Gasteiger partial charge in [-0.05, 0) is 19.8 Å². The maximum atomic E-state index is 10.4. The van der Waals surface area contributed by atoms with Crippen molar-refractivity contribution < 1.29 is 19.7 Å². The molecule has 0 aliphatic heterocycles. The van der Waals surface area contributed by atoms with E-state index >= 15 is 0 Å². The van der Waals surface area contributed by atoms with Crippen molar-refractivity contribution in [2.24, 2.45) is 0 Å². The van der Waals surface area contributed by atoms with E-state index in [-0.39, 0.29) is 6.61 Å². The zero-order chi connectivity index (χ0) is 9.90. The Balaban J connectivity index is 2.28. The summed E-state index contributed by atoms with van der Waals surface area (Å²) in [6, 6.07) is 0. The highest BCUT2D eigenvalue weighted by atomic mass is 16.5. The van der Waals surface area contributed by atoms with E-state index in [0.717, 1.165) is 25.7 Å². The van der Waals surface area contributed by atoms with Crippen LogP contribution in [0.4, 0.5) is 0 Å². The van der Waals surface area contributed by atoms with E-state index in [4.69, 9.17) is 9.84 Å². The molecular formula is C9H16O4. The molecule has 76 valence electrons. The summed E-state index contributed by atoms with van der Waals surface area (Å²) >= 11 is 0. The van der Waals surface area contributed by atoms with E-state index in [9.17, 15) is 9.90 Å². The summed E-state index contributed by atoms with van der Waals surface area (Å²) in [4.78, 5) is 10.4. The van der Waals surface area contributed by atoms with Crippen molar-refractivity contribution in [2.75, 3.05) is 6.61 Å². The summed E-state index contributed by atoms with van der Waals surface area (Å²) in [6.45, 7) is 1.61. The van der Waals surface area contributed by atoms with Crippen molar-refractivity contribution in [3.63, 3.8) is 0 Å². The van der Waals surface area contributed by atoms with Crippen LogP contribution < -0.4 is 0 Å². The minimum absolute atomic E-state index is 0.139. The first-order valence-electron chi connectivity index (χ1n) is 4.60. The largest absolute Gasteiger partial charge is 0.479 e. The van der Waals surface area contributed by atoms with Crippen LogP contribution >= 0.6 is 0 Å². The van der Waals surface area contributed by atoms with Crippen molar-refractivity contribution in [1.29, 1.82) is 0 Å². The number of carboxylic acids is 1. The van der Waals surface area contributed by atoms with Crippen LogP contribution in [0.2, 0.25) is 0 Å². The molecule has 1 saturated carbocycles. The summed E-state index contributed by atoms with van der Waals surface area (Å²) in [5.74, 6) is -0.985. The molecule has 4 heteroatoms. The van der Waals surface area contributed by atoms with Crippen molar-refractivity contribution in [3.05, 3.63) is 0 Å². The van der Waals surface area contributed by atoms with Crippen molar-refractivity contribution in [2.45, 2.75) is 44.3 Å². The number of ether oxygens (including phenoxy) is 1. The molecule has 4 nitrogen and oxygen atoms in total. The zero-order valence-corrected chi connectivity index (χ0v) is 7.82. The Morgan fingerprint density at radius 3 is 2.54 bits per heavy atom. The van der Waals surface area contributed by atoms with E-state index in [1.807, 2.05) is 0 Å². The monoisotopic (exact) mass is 188 g/mol. The molecule has 2 N–H and O–H groups in total. The van der Waals surface area contributed by atoms with Crippen molar-refractivity contribution >= 4 is 5.97 Å². The summed E-state index contributed by atoms with van der Waals surface area (Å²) in [5.41, 5.74) is -0.774. The van der Waals surface area contributed by atoms with Crippen molar-refractivity contribution in [3.8, 4) is 0 Å². The van der Waals surface area contributed by atoms with Gasteiger partial charge in [-0.25, -0.2) is 4.79 Å². The van der Waals surface area contributed by atoms with Gasteiger partial charge in [0.05, 0.1) is 12.2 Å². The van der Waals surface area contributed by atoms with Gasteiger partial charge in [0.2, 0.25) is 0 Å². The van der Waals surface area contributed by atoms with E-state index in [0.29, 0.717) is 0 Å². The standard InChI is InChI=1S/C9H16O4/c1-7(8(10)11)13-6-9(12)4-2-3-5-9/h7,12H,2-6H2,1H3,(H,10,11)/t7-/m1/s1. The Bertz CT molecular complexity index is 184. The smallest absolute Gasteiger partial charge is 0.332 e. The number of hydrogen-bond donors (Lipinski definition) is 2. The molecule has 1 rings (SSSR count). The molecule has 1 fully saturated rings. The first-order chi connectivity index (χ1) is 6.03. The number of aliphatic carboxylic acids is 1. The molecule has 0 aromatic heterocycles. The van der Waals surface area contributed by atoms with Crippen LogP contribution in [0.1, 0.15) is 32.6 Å². The predicted octanol–water partition coefficient (Wildman–Crippen LogP) is 0.781. The second-order valence-electron chi connectivity index (χ2n) is 3.72. The van der Waals surface area contributed by atoms with Crippen LogP contribution in [0.25, 0.3) is 0 Å². The van der Waals surface area contributed by atoms with Gasteiger partial charge < -0.3 is 14.9 Å². The Kier molecular flexibility index (Phi) is 3.27. The third-order valence-corrected chi connectivity index (χ3v) is 2.48. The molecule has 0 amide bonds. The summed E-state index contributed by atoms with van der Waals surface area (Å²) in [7, 11) is 0. The molecule has 0 radical (unpaired) electrons. The molecule has 1 aliphatic carbocycles. The number of carboxylic acid groups (broad SMARTS) is 1. The van der Waals surface area contributed by atoms with Gasteiger partial charge in [0, 0.05) is 0 Å². The zero-order valence-electron chi connectivity index (χ0n) is 7.82. The maximum absolute atomic E-state index is 10.4. The Morgan fingerprint density at radius 2 is 2.08 bits per heavy atom. The number of aliphatic hydroxyl groups is 1. The molecular weight excluding hydrogens is 172 g/mol. The number of hydrogen-bond acceptors (Lipinski definition) is 3. The molecule has 0 aromatic carbocycles. The molecule has 13 heavy (non-hydrogen) atoms. The fourth-order valence-corrected chi connectivity index (χ4v) is 1.53. The summed E-state index contributed by atoms with van der Waals surface area (Å²) < 4.78 is 5.04. The average molecular weight is 188 g/mol. The molecule has 1 atom stereocenters. The highest BCUT2D eigenvalue weighted by Gasteiger charge is 2.32. The minimum Gasteiger partial charge on any atom is -0.479 e. The van der Waals surface area contributed by atoms with Gasteiger partial charge in [0.25, 0.3) is 0 Å². The normalized spacial score (nSPS) is 22.9. The third-order valence-electron chi connectivity index (χ3n) is 2.48. The first kappa shape index (κ1) is 10.5. The Labute approximate surface area is 77.5 Å².